The molecule has 1 N–H and O–H groups in total. The molecule has 0 bridgehead atoms. The number of hydrogen-bond donors (Lipinski definition) is 1. The molecule has 0 saturated heterocycles. The molecule has 0 saturated carbocycles. The molecule has 2 nitrogen and oxygen atoms in total. The van der Waals surface area contributed by atoms with E-state index in [1.165, 1.54) is 0 Å². The number of nitrogens with one attached hydrogen (secondary N) is 1. The van der Waals surface area contributed by atoms with Crippen molar-refractivity contribution < 1.29 is 0 Å². The van der Waals surface area contributed by atoms with E-state index in [9.17, 15) is 0 Å². The second-order valence-electron chi connectivity index (χ2n) is 2.00. The Hall–Kier alpha value is -0.410. The maximum absolute atomic E-state index is 7.58. The summed E-state index contributed by atoms with van der Waals surface area (Å²) in [5.74, 6) is 0.837. The predicted molar refractivity (Wildman–Crippen MR) is 48.1 cm³/mol. The summed E-state index contributed by atoms with van der Waals surface area (Å²) >= 11 is 5.59. The first-order valence-electron chi connectivity index (χ1n) is 3.27. The first-order chi connectivity index (χ1) is 5.24. The average Bonchev–Trinajstić information content (AvgIpc) is 2.05. The summed E-state index contributed by atoms with van der Waals surface area (Å²) in [6.45, 7) is 1.99. The molecule has 1 atom stereocenters. The molecule has 4 heteroatoms. The normalized spacial score (nSPS) is 12.9. The SMILES string of the molecule is CCS(=N)c1ccc(Cl)nc1. The predicted octanol–water partition coefficient (Wildman–Crippen LogP) is 2.49. The van der Waals surface area contributed by atoms with Gasteiger partial charge < -0.3 is 0 Å². The van der Waals surface area contributed by atoms with E-state index in [2.05, 4.69) is 4.98 Å². The van der Waals surface area contributed by atoms with Crippen molar-refractivity contribution in [2.24, 2.45) is 0 Å². The third kappa shape index (κ3) is 2.27. The summed E-state index contributed by atoms with van der Waals surface area (Å²) in [6.07, 6.45) is 1.67. The number of hydrogen-bond acceptors (Lipinski definition) is 2. The molecule has 11 heavy (non-hydrogen) atoms. The molecule has 1 unspecified atom stereocenters. The molecular weight excluding hydrogens is 180 g/mol. The van der Waals surface area contributed by atoms with Gasteiger partial charge in [0.15, 0.2) is 0 Å². The zero-order valence-corrected chi connectivity index (χ0v) is 7.75. The largest absolute Gasteiger partial charge is 0.276 e. The number of aromatic nitrogens is 1. The first-order valence-corrected chi connectivity index (χ1v) is 5.05. The van der Waals surface area contributed by atoms with Crippen LogP contribution in [0.1, 0.15) is 6.92 Å². The quantitative estimate of drug-likeness (QED) is 0.712. The van der Waals surface area contributed by atoms with Gasteiger partial charge in [-0.2, -0.15) is 0 Å². The van der Waals surface area contributed by atoms with Gasteiger partial charge in [-0.25, -0.2) is 4.98 Å². The highest BCUT2D eigenvalue weighted by molar-refractivity contribution is 7.86. The molecule has 0 spiro atoms. The fourth-order valence-electron chi connectivity index (χ4n) is 0.675. The van der Waals surface area contributed by atoms with E-state index < -0.39 is 10.7 Å². The lowest BCUT2D eigenvalue weighted by Gasteiger charge is -1.99. The molecule has 60 valence electrons. The van der Waals surface area contributed by atoms with Crippen LogP contribution in [0.5, 0.6) is 0 Å². The molecule has 0 aliphatic carbocycles. The van der Waals surface area contributed by atoms with Crippen LogP contribution in [0.25, 0.3) is 0 Å². The van der Waals surface area contributed by atoms with Crippen molar-refractivity contribution in [2.75, 3.05) is 5.75 Å². The van der Waals surface area contributed by atoms with Crippen LogP contribution in [0.2, 0.25) is 5.15 Å². The second-order valence-corrected chi connectivity index (χ2v) is 4.21. The minimum absolute atomic E-state index is 0.420. The molecule has 1 aromatic heterocycles. The van der Waals surface area contributed by atoms with Gasteiger partial charge in [0.05, 0.1) is 0 Å². The fourth-order valence-corrected chi connectivity index (χ4v) is 1.53. The van der Waals surface area contributed by atoms with Gasteiger partial charge in [-0.3, -0.25) is 4.78 Å². The number of halogens is 1. The standard InChI is InChI=1S/C7H9ClN2S/c1-2-11(9)6-3-4-7(8)10-5-6/h3-5,9H,2H2,1H3. The Morgan fingerprint density at radius 3 is 2.82 bits per heavy atom. The van der Waals surface area contributed by atoms with Crippen LogP contribution in [0, 0.1) is 4.78 Å². The smallest absolute Gasteiger partial charge is 0.129 e. The van der Waals surface area contributed by atoms with Crippen LogP contribution in [0.4, 0.5) is 0 Å². The highest BCUT2D eigenvalue weighted by Gasteiger charge is 1.96. The van der Waals surface area contributed by atoms with Crippen LogP contribution in [-0.2, 0) is 10.7 Å². The Kier molecular flexibility index (Phi) is 3.02. The Balaban J connectivity index is 2.90. The van der Waals surface area contributed by atoms with E-state index in [0.29, 0.717) is 5.15 Å². The van der Waals surface area contributed by atoms with Crippen molar-refractivity contribution in [3.63, 3.8) is 0 Å². The van der Waals surface area contributed by atoms with Crippen LogP contribution in [0.3, 0.4) is 0 Å². The summed E-state index contributed by atoms with van der Waals surface area (Å²) in [5, 5.41) is 0.488. The van der Waals surface area contributed by atoms with E-state index in [4.69, 9.17) is 16.4 Å². The topological polar surface area (TPSA) is 36.7 Å². The monoisotopic (exact) mass is 188 g/mol. The molecule has 0 aromatic carbocycles. The van der Waals surface area contributed by atoms with E-state index in [1.54, 1.807) is 12.3 Å². The molecule has 0 aliphatic rings. The van der Waals surface area contributed by atoms with Gasteiger partial charge in [-0.15, -0.1) is 0 Å². The maximum atomic E-state index is 7.58. The highest BCUT2D eigenvalue weighted by atomic mass is 35.5. The third-order valence-corrected chi connectivity index (χ3v) is 2.88. The van der Waals surface area contributed by atoms with E-state index >= 15 is 0 Å². The van der Waals surface area contributed by atoms with Crippen LogP contribution >= 0.6 is 11.6 Å². The van der Waals surface area contributed by atoms with E-state index in [0.717, 1.165) is 10.6 Å². The minimum Gasteiger partial charge on any atom is -0.276 e. The Bertz CT molecular complexity index is 258. The van der Waals surface area contributed by atoms with E-state index in [1.807, 2.05) is 13.0 Å². The van der Waals surface area contributed by atoms with Gasteiger partial charge in [-0.05, 0) is 12.1 Å². The van der Waals surface area contributed by atoms with Crippen molar-refractivity contribution in [2.45, 2.75) is 11.8 Å². The van der Waals surface area contributed by atoms with Crippen LogP contribution in [0.15, 0.2) is 23.2 Å². The average molecular weight is 189 g/mol. The molecular formula is C7H9ClN2S. The van der Waals surface area contributed by atoms with E-state index in [-0.39, 0.29) is 0 Å². The highest BCUT2D eigenvalue weighted by Crippen LogP contribution is 2.09. The van der Waals surface area contributed by atoms with Gasteiger partial charge in [-0.1, -0.05) is 29.2 Å². The Morgan fingerprint density at radius 1 is 1.64 bits per heavy atom. The number of pyridine rings is 1. The van der Waals surface area contributed by atoms with Crippen molar-refractivity contribution in [3.05, 3.63) is 23.5 Å². The van der Waals surface area contributed by atoms with Gasteiger partial charge in [0, 0.05) is 16.8 Å². The van der Waals surface area contributed by atoms with Gasteiger partial charge >= 0.3 is 0 Å². The molecule has 0 radical (unpaired) electrons. The summed E-state index contributed by atoms with van der Waals surface area (Å²) in [6, 6.07) is 3.58. The molecule has 1 rings (SSSR count). The van der Waals surface area contributed by atoms with Gasteiger partial charge in [0.25, 0.3) is 0 Å². The Morgan fingerprint density at radius 2 is 2.36 bits per heavy atom. The van der Waals surface area contributed by atoms with Crippen molar-refractivity contribution in [1.82, 2.24) is 4.98 Å². The third-order valence-electron chi connectivity index (χ3n) is 1.27. The van der Waals surface area contributed by atoms with Gasteiger partial charge in [0.2, 0.25) is 0 Å². The van der Waals surface area contributed by atoms with Crippen molar-refractivity contribution in [1.29, 1.82) is 4.78 Å². The molecule has 0 aliphatic heterocycles. The molecule has 1 heterocycles. The summed E-state index contributed by atoms with van der Waals surface area (Å²) in [7, 11) is -0.420. The van der Waals surface area contributed by atoms with Gasteiger partial charge in [0.1, 0.15) is 5.15 Å². The summed E-state index contributed by atoms with van der Waals surface area (Å²) in [5.41, 5.74) is 0. The second kappa shape index (κ2) is 3.83. The van der Waals surface area contributed by atoms with Crippen molar-refractivity contribution in [3.8, 4) is 0 Å². The lowest BCUT2D eigenvalue weighted by molar-refractivity contribution is 1.22. The molecule has 1 aromatic rings. The zero-order valence-electron chi connectivity index (χ0n) is 6.17. The maximum Gasteiger partial charge on any atom is 0.129 e. The lowest BCUT2D eigenvalue weighted by Crippen LogP contribution is -1.92. The lowest BCUT2D eigenvalue weighted by atomic mass is 10.5. The zero-order chi connectivity index (χ0) is 8.27. The van der Waals surface area contributed by atoms with Crippen LogP contribution < -0.4 is 0 Å². The molecule has 0 fully saturated rings. The number of rotatable bonds is 2. The number of nitrogens with zero attached hydrogens (tertiary/aromatic N) is 1. The minimum atomic E-state index is -0.420. The molecule has 0 amide bonds. The summed E-state index contributed by atoms with van der Waals surface area (Å²) < 4.78 is 7.58. The Labute approximate surface area is 73.5 Å². The van der Waals surface area contributed by atoms with Crippen LogP contribution in [-0.4, -0.2) is 10.7 Å². The summed E-state index contributed by atoms with van der Waals surface area (Å²) in [4.78, 5) is 4.86. The first kappa shape index (κ1) is 8.68. The van der Waals surface area contributed by atoms with Crippen molar-refractivity contribution >= 4 is 22.3 Å². The fraction of sp³-hybridized carbons (Fsp3) is 0.286.